The molecular formula is C24H15FN2O8S. The number of carbonyl (C=O) groups excluding carboxylic acids is 3. The molecule has 0 aliphatic carbocycles. The van der Waals surface area contributed by atoms with Crippen LogP contribution in [-0.4, -0.2) is 50.6 Å². The first-order valence-corrected chi connectivity index (χ1v) is 10.9. The molecular weight excluding hydrogens is 495 g/mol. The maximum absolute atomic E-state index is 13.0. The van der Waals surface area contributed by atoms with E-state index in [9.17, 15) is 38.6 Å². The molecule has 12 heteroatoms. The van der Waals surface area contributed by atoms with E-state index in [1.165, 1.54) is 42.5 Å². The van der Waals surface area contributed by atoms with Gasteiger partial charge in [0.1, 0.15) is 23.9 Å². The van der Waals surface area contributed by atoms with Gasteiger partial charge in [-0.2, -0.15) is 0 Å². The van der Waals surface area contributed by atoms with Gasteiger partial charge in [-0.1, -0.05) is 0 Å². The number of nitrogens with zero attached hydrogens (tertiary/aromatic N) is 1. The van der Waals surface area contributed by atoms with Crippen LogP contribution in [0.1, 0.15) is 26.5 Å². The van der Waals surface area contributed by atoms with Gasteiger partial charge in [0.15, 0.2) is 0 Å². The number of rotatable bonds is 7. The number of benzene rings is 2. The van der Waals surface area contributed by atoms with Crippen LogP contribution >= 0.6 is 11.8 Å². The smallest absolute Gasteiger partial charge is 0.335 e. The van der Waals surface area contributed by atoms with Gasteiger partial charge >= 0.3 is 11.9 Å². The second-order valence-electron chi connectivity index (χ2n) is 7.43. The number of anilines is 1. The highest BCUT2D eigenvalue weighted by molar-refractivity contribution is 8.18. The molecule has 2 heterocycles. The Kier molecular flexibility index (Phi) is 6.70. The van der Waals surface area contributed by atoms with Crippen molar-refractivity contribution in [3.63, 3.8) is 0 Å². The van der Waals surface area contributed by atoms with E-state index < -0.39 is 41.4 Å². The molecule has 36 heavy (non-hydrogen) atoms. The number of carbonyl (C=O) groups is 5. The Hall–Kier alpha value is -4.71. The van der Waals surface area contributed by atoms with Crippen LogP contribution in [0.5, 0.6) is 0 Å². The fourth-order valence-electron chi connectivity index (χ4n) is 3.25. The van der Waals surface area contributed by atoms with Crippen molar-refractivity contribution < 1.29 is 43.0 Å². The topological polar surface area (TPSA) is 154 Å². The molecule has 1 aliphatic rings. The van der Waals surface area contributed by atoms with Crippen molar-refractivity contribution in [2.24, 2.45) is 0 Å². The lowest BCUT2D eigenvalue weighted by molar-refractivity contribution is -0.127. The number of amides is 3. The molecule has 3 N–H and O–H groups in total. The number of carboxylic acids is 2. The van der Waals surface area contributed by atoms with Gasteiger partial charge in [0, 0.05) is 17.3 Å². The van der Waals surface area contributed by atoms with Gasteiger partial charge in [0.05, 0.1) is 16.0 Å². The van der Waals surface area contributed by atoms with Crippen LogP contribution in [0.3, 0.4) is 0 Å². The third-order valence-corrected chi connectivity index (χ3v) is 5.82. The molecule has 0 bridgehead atoms. The van der Waals surface area contributed by atoms with Crippen LogP contribution in [0.15, 0.2) is 63.9 Å². The first kappa shape index (κ1) is 24.4. The molecule has 0 radical (unpaired) electrons. The first-order valence-electron chi connectivity index (χ1n) is 10.1. The van der Waals surface area contributed by atoms with Crippen LogP contribution in [0.2, 0.25) is 0 Å². The number of carboxylic acid groups (broad SMARTS) is 2. The molecule has 4 rings (SSSR count). The van der Waals surface area contributed by atoms with Crippen molar-refractivity contribution in [1.29, 1.82) is 0 Å². The van der Waals surface area contributed by atoms with Crippen molar-refractivity contribution in [3.05, 3.63) is 82.2 Å². The summed E-state index contributed by atoms with van der Waals surface area (Å²) in [5.74, 6) is -4.21. The lowest BCUT2D eigenvalue weighted by Crippen LogP contribution is -2.36. The minimum Gasteiger partial charge on any atom is -0.478 e. The predicted molar refractivity (Wildman–Crippen MR) is 126 cm³/mol. The molecule has 3 aromatic rings. The van der Waals surface area contributed by atoms with Crippen LogP contribution in [-0.2, 0) is 9.59 Å². The Morgan fingerprint density at radius 1 is 0.972 bits per heavy atom. The zero-order chi connectivity index (χ0) is 26.0. The van der Waals surface area contributed by atoms with E-state index in [0.717, 1.165) is 23.1 Å². The van der Waals surface area contributed by atoms with E-state index in [1.807, 2.05) is 0 Å². The van der Waals surface area contributed by atoms with Gasteiger partial charge < -0.3 is 19.9 Å². The molecule has 2 aromatic carbocycles. The third-order valence-electron chi connectivity index (χ3n) is 4.91. The summed E-state index contributed by atoms with van der Waals surface area (Å²) in [6.45, 7) is -0.553. The van der Waals surface area contributed by atoms with Crippen molar-refractivity contribution in [2.45, 2.75) is 0 Å². The fourth-order valence-corrected chi connectivity index (χ4v) is 4.06. The standard InChI is InChI=1S/C24H15FN2O8S/c25-15-1-3-16(4-2-15)26-20(28)11-27-21(29)19(36-24(27)34)10-17-5-6-18(35-17)12-7-13(22(30)31)9-14(8-12)23(32)33/h1-10H,11H2,(H,26,28)(H,30,31)(H,32,33)/b19-10+. The number of hydrogen-bond acceptors (Lipinski definition) is 7. The number of hydrogen-bond donors (Lipinski definition) is 3. The highest BCUT2D eigenvalue weighted by Crippen LogP contribution is 2.33. The van der Waals surface area contributed by atoms with Crippen LogP contribution in [0.4, 0.5) is 14.9 Å². The molecule has 182 valence electrons. The molecule has 10 nitrogen and oxygen atoms in total. The average molecular weight is 510 g/mol. The summed E-state index contributed by atoms with van der Waals surface area (Å²) in [7, 11) is 0. The van der Waals surface area contributed by atoms with E-state index in [2.05, 4.69) is 5.32 Å². The normalized spacial score (nSPS) is 14.4. The molecule has 1 aromatic heterocycles. The van der Waals surface area contributed by atoms with Crippen molar-refractivity contribution in [2.75, 3.05) is 11.9 Å². The molecule has 1 saturated heterocycles. The summed E-state index contributed by atoms with van der Waals surface area (Å²) in [6, 6.07) is 11.4. The molecule has 0 atom stereocenters. The summed E-state index contributed by atoms with van der Waals surface area (Å²) in [5.41, 5.74) is -0.00617. The summed E-state index contributed by atoms with van der Waals surface area (Å²) in [6.07, 6.45) is 1.28. The minimum absolute atomic E-state index is 0.0130. The van der Waals surface area contributed by atoms with Gasteiger partial charge in [-0.3, -0.25) is 19.3 Å². The zero-order valence-electron chi connectivity index (χ0n) is 18.1. The van der Waals surface area contributed by atoms with Gasteiger partial charge in [0.2, 0.25) is 5.91 Å². The monoisotopic (exact) mass is 510 g/mol. The van der Waals surface area contributed by atoms with Crippen molar-refractivity contribution in [3.8, 4) is 11.3 Å². The number of nitrogens with one attached hydrogen (secondary N) is 1. The summed E-state index contributed by atoms with van der Waals surface area (Å²) >= 11 is 0.598. The van der Waals surface area contributed by atoms with Gasteiger partial charge in [-0.15, -0.1) is 0 Å². The lowest BCUT2D eigenvalue weighted by Gasteiger charge is -2.12. The highest BCUT2D eigenvalue weighted by atomic mass is 32.2. The van der Waals surface area contributed by atoms with E-state index in [1.54, 1.807) is 0 Å². The molecule has 3 amide bonds. The zero-order valence-corrected chi connectivity index (χ0v) is 18.9. The quantitative estimate of drug-likeness (QED) is 0.398. The largest absolute Gasteiger partial charge is 0.478 e. The Labute approximate surface area is 206 Å². The van der Waals surface area contributed by atoms with Crippen molar-refractivity contribution in [1.82, 2.24) is 4.90 Å². The maximum atomic E-state index is 13.0. The van der Waals surface area contributed by atoms with Gasteiger partial charge in [-0.05, 0) is 66.4 Å². The van der Waals surface area contributed by atoms with Gasteiger partial charge in [-0.25, -0.2) is 14.0 Å². The summed E-state index contributed by atoms with van der Waals surface area (Å²) in [5, 5.41) is 20.3. The number of thioether (sulfide) groups is 1. The third kappa shape index (κ3) is 5.33. The van der Waals surface area contributed by atoms with E-state index in [0.29, 0.717) is 17.4 Å². The van der Waals surface area contributed by atoms with Crippen LogP contribution in [0.25, 0.3) is 17.4 Å². The highest BCUT2D eigenvalue weighted by Gasteiger charge is 2.36. The van der Waals surface area contributed by atoms with E-state index in [4.69, 9.17) is 4.42 Å². The van der Waals surface area contributed by atoms with Crippen LogP contribution in [0, 0.1) is 5.82 Å². The van der Waals surface area contributed by atoms with Gasteiger partial charge in [0.25, 0.3) is 11.1 Å². The number of aromatic carboxylic acids is 2. The number of halogens is 1. The molecule has 1 fully saturated rings. The second-order valence-corrected chi connectivity index (χ2v) is 8.43. The average Bonchev–Trinajstić information content (AvgIpc) is 3.40. The van der Waals surface area contributed by atoms with E-state index >= 15 is 0 Å². The number of furan rings is 1. The van der Waals surface area contributed by atoms with Crippen molar-refractivity contribution >= 4 is 52.5 Å². The second kappa shape index (κ2) is 9.88. The summed E-state index contributed by atoms with van der Waals surface area (Å²) < 4.78 is 18.6. The van der Waals surface area contributed by atoms with E-state index in [-0.39, 0.29) is 33.1 Å². The Balaban J connectivity index is 1.50. The SMILES string of the molecule is O=C(CN1C(=O)S/C(=C/c2ccc(-c3cc(C(=O)O)cc(C(=O)O)c3)o2)C1=O)Nc1ccc(F)cc1. The maximum Gasteiger partial charge on any atom is 0.335 e. The predicted octanol–water partition coefficient (Wildman–Crippen LogP) is 4.16. The summed E-state index contributed by atoms with van der Waals surface area (Å²) in [4.78, 5) is 60.6. The first-order chi connectivity index (χ1) is 17.1. The minimum atomic E-state index is -1.32. The molecule has 1 aliphatic heterocycles. The Bertz CT molecular complexity index is 1410. The molecule has 0 spiro atoms. The lowest BCUT2D eigenvalue weighted by atomic mass is 10.0. The number of imide groups is 1. The van der Waals surface area contributed by atoms with Crippen LogP contribution < -0.4 is 5.32 Å². The fraction of sp³-hybridized carbons (Fsp3) is 0.0417. The Morgan fingerprint density at radius 2 is 1.61 bits per heavy atom. The Morgan fingerprint density at radius 3 is 2.22 bits per heavy atom. The molecule has 0 unspecified atom stereocenters. The molecule has 0 saturated carbocycles.